The molecule has 21 heavy (non-hydrogen) atoms. The van der Waals surface area contributed by atoms with E-state index in [1.54, 1.807) is 24.4 Å². The van der Waals surface area contributed by atoms with E-state index in [1.165, 1.54) is 12.1 Å². The molecule has 0 aliphatic heterocycles. The Bertz CT molecular complexity index is 596. The maximum Gasteiger partial charge on any atom is 0.387 e. The largest absolute Gasteiger partial charge is 0.435 e. The highest BCUT2D eigenvalue weighted by molar-refractivity contribution is 5.32. The van der Waals surface area contributed by atoms with E-state index in [9.17, 15) is 13.9 Å². The summed E-state index contributed by atoms with van der Waals surface area (Å²) in [4.78, 5) is 8.14. The van der Waals surface area contributed by atoms with Crippen LogP contribution in [0.1, 0.15) is 17.4 Å². The van der Waals surface area contributed by atoms with Gasteiger partial charge in [-0.1, -0.05) is 12.1 Å². The second-order valence-corrected chi connectivity index (χ2v) is 4.37. The van der Waals surface area contributed by atoms with Crippen molar-refractivity contribution in [2.75, 3.05) is 11.9 Å². The van der Waals surface area contributed by atoms with Crippen LogP contribution in [0, 0.1) is 6.92 Å². The summed E-state index contributed by atoms with van der Waals surface area (Å²) in [6.45, 7) is -0.910. The first-order valence-corrected chi connectivity index (χ1v) is 6.31. The number of nitrogens with zero attached hydrogens (tertiary/aromatic N) is 2. The van der Waals surface area contributed by atoms with Gasteiger partial charge >= 0.3 is 6.61 Å². The lowest BCUT2D eigenvalue weighted by atomic mass is 10.1. The molecule has 0 amide bonds. The Labute approximate surface area is 120 Å². The molecule has 0 saturated carbocycles. The molecule has 0 aliphatic carbocycles. The van der Waals surface area contributed by atoms with Gasteiger partial charge in [0.25, 0.3) is 0 Å². The van der Waals surface area contributed by atoms with Gasteiger partial charge in [-0.15, -0.1) is 0 Å². The van der Waals surface area contributed by atoms with Gasteiger partial charge in [-0.05, 0) is 30.7 Å². The molecule has 0 radical (unpaired) electrons. The molecule has 5 nitrogen and oxygen atoms in total. The third kappa shape index (κ3) is 4.64. The van der Waals surface area contributed by atoms with Crippen LogP contribution in [0.25, 0.3) is 0 Å². The fraction of sp³-hybridized carbons (Fsp3) is 0.286. The number of hydrogen-bond acceptors (Lipinski definition) is 5. The van der Waals surface area contributed by atoms with E-state index in [4.69, 9.17) is 0 Å². The van der Waals surface area contributed by atoms with Gasteiger partial charge < -0.3 is 15.2 Å². The summed E-state index contributed by atoms with van der Waals surface area (Å²) in [6.07, 6.45) is 0.712. The minimum atomic E-state index is -2.89. The lowest BCUT2D eigenvalue weighted by Crippen LogP contribution is -2.14. The van der Waals surface area contributed by atoms with E-state index in [-0.39, 0.29) is 12.3 Å². The molecule has 0 fully saturated rings. The summed E-state index contributed by atoms with van der Waals surface area (Å²) in [6, 6.07) is 7.70. The first-order valence-electron chi connectivity index (χ1n) is 6.31. The summed E-state index contributed by atoms with van der Waals surface area (Å²) in [7, 11) is 0. The minimum absolute atomic E-state index is 0.00774. The van der Waals surface area contributed by atoms with Crippen LogP contribution in [0.5, 0.6) is 5.75 Å². The summed E-state index contributed by atoms with van der Waals surface area (Å²) >= 11 is 0. The molecular formula is C14H15F2N3O2. The van der Waals surface area contributed by atoms with Gasteiger partial charge in [0.2, 0.25) is 5.95 Å². The van der Waals surface area contributed by atoms with Crippen molar-refractivity contribution in [1.29, 1.82) is 0 Å². The molecule has 7 heteroatoms. The second-order valence-electron chi connectivity index (χ2n) is 4.37. The average Bonchev–Trinajstić information content (AvgIpc) is 2.44. The van der Waals surface area contributed by atoms with E-state index in [1.807, 2.05) is 6.92 Å². The number of aliphatic hydroxyl groups excluding tert-OH is 1. The van der Waals surface area contributed by atoms with Crippen molar-refractivity contribution < 1.29 is 18.6 Å². The zero-order valence-corrected chi connectivity index (χ0v) is 11.3. The van der Waals surface area contributed by atoms with Crippen molar-refractivity contribution in [3.8, 4) is 5.75 Å². The van der Waals surface area contributed by atoms with Crippen LogP contribution in [-0.2, 0) is 0 Å². The summed E-state index contributed by atoms with van der Waals surface area (Å²) in [5.41, 5.74) is 1.27. The van der Waals surface area contributed by atoms with Crippen LogP contribution in [-0.4, -0.2) is 28.2 Å². The number of ether oxygens (including phenoxy) is 1. The Balaban J connectivity index is 1.98. The van der Waals surface area contributed by atoms with E-state index in [2.05, 4.69) is 20.0 Å². The Morgan fingerprint density at radius 1 is 1.33 bits per heavy atom. The van der Waals surface area contributed by atoms with Gasteiger partial charge in [-0.3, -0.25) is 0 Å². The third-order valence-corrected chi connectivity index (χ3v) is 2.72. The minimum Gasteiger partial charge on any atom is -0.435 e. The molecule has 2 rings (SSSR count). The van der Waals surface area contributed by atoms with Gasteiger partial charge in [0, 0.05) is 18.4 Å². The van der Waals surface area contributed by atoms with Crippen LogP contribution in [0.15, 0.2) is 36.5 Å². The van der Waals surface area contributed by atoms with Crippen LogP contribution < -0.4 is 10.1 Å². The van der Waals surface area contributed by atoms with Crippen LogP contribution in [0.3, 0.4) is 0 Å². The van der Waals surface area contributed by atoms with Crippen LogP contribution >= 0.6 is 0 Å². The Kier molecular flexibility index (Phi) is 4.99. The number of aromatic nitrogens is 2. The summed E-state index contributed by atoms with van der Waals surface area (Å²) in [5.74, 6) is 0.405. The van der Waals surface area contributed by atoms with Gasteiger partial charge in [-0.25, -0.2) is 9.97 Å². The van der Waals surface area contributed by atoms with Gasteiger partial charge in [0.05, 0.1) is 6.10 Å². The number of hydrogen-bond donors (Lipinski definition) is 2. The number of aryl methyl sites for hydroxylation is 1. The predicted octanol–water partition coefficient (Wildman–Crippen LogP) is 2.53. The molecular weight excluding hydrogens is 280 g/mol. The Morgan fingerprint density at radius 3 is 2.86 bits per heavy atom. The van der Waals surface area contributed by atoms with Crippen LogP contribution in [0.4, 0.5) is 14.7 Å². The number of benzene rings is 1. The number of nitrogens with one attached hydrogen (secondary N) is 1. The van der Waals surface area contributed by atoms with Crippen molar-refractivity contribution in [2.24, 2.45) is 0 Å². The number of aliphatic hydroxyl groups is 1. The molecule has 0 aliphatic rings. The van der Waals surface area contributed by atoms with E-state index in [0.717, 1.165) is 5.69 Å². The lowest BCUT2D eigenvalue weighted by Gasteiger charge is -2.13. The Hall–Kier alpha value is -2.28. The second kappa shape index (κ2) is 6.94. The molecule has 1 aromatic heterocycles. The number of anilines is 1. The molecule has 0 bridgehead atoms. The van der Waals surface area contributed by atoms with Crippen molar-refractivity contribution in [1.82, 2.24) is 9.97 Å². The molecule has 1 heterocycles. The highest BCUT2D eigenvalue weighted by Crippen LogP contribution is 2.21. The Morgan fingerprint density at radius 2 is 2.14 bits per heavy atom. The van der Waals surface area contributed by atoms with Crippen molar-refractivity contribution in [2.45, 2.75) is 19.6 Å². The lowest BCUT2D eigenvalue weighted by molar-refractivity contribution is -0.0499. The summed E-state index contributed by atoms with van der Waals surface area (Å²) < 4.78 is 28.6. The molecule has 0 saturated heterocycles. The predicted molar refractivity (Wildman–Crippen MR) is 73.3 cm³/mol. The topological polar surface area (TPSA) is 67.3 Å². The number of halogens is 2. The van der Waals surface area contributed by atoms with Crippen LogP contribution in [0.2, 0.25) is 0 Å². The van der Waals surface area contributed by atoms with E-state index >= 15 is 0 Å². The fourth-order valence-electron chi connectivity index (χ4n) is 1.74. The highest BCUT2D eigenvalue weighted by atomic mass is 19.3. The quantitative estimate of drug-likeness (QED) is 0.857. The molecule has 112 valence electrons. The SMILES string of the molecule is Cc1ccnc(NCC(O)c2cccc(OC(F)F)c2)n1. The van der Waals surface area contributed by atoms with E-state index < -0.39 is 12.7 Å². The molecule has 2 N–H and O–H groups in total. The van der Waals surface area contributed by atoms with E-state index in [0.29, 0.717) is 11.5 Å². The fourth-order valence-corrected chi connectivity index (χ4v) is 1.74. The standard InChI is InChI=1S/C14H15F2N3O2/c1-9-5-6-17-14(19-9)18-8-12(20)10-3-2-4-11(7-10)21-13(15)16/h2-7,12-13,20H,8H2,1H3,(H,17,18,19). The van der Waals surface area contributed by atoms with Crippen molar-refractivity contribution >= 4 is 5.95 Å². The van der Waals surface area contributed by atoms with Gasteiger partial charge in [-0.2, -0.15) is 8.78 Å². The van der Waals surface area contributed by atoms with Crippen molar-refractivity contribution in [3.63, 3.8) is 0 Å². The van der Waals surface area contributed by atoms with Gasteiger partial charge in [0.1, 0.15) is 5.75 Å². The smallest absolute Gasteiger partial charge is 0.387 e. The number of alkyl halides is 2. The van der Waals surface area contributed by atoms with Crippen molar-refractivity contribution in [3.05, 3.63) is 47.8 Å². The molecule has 2 aromatic rings. The maximum atomic E-state index is 12.1. The molecule has 1 unspecified atom stereocenters. The molecule has 1 atom stereocenters. The third-order valence-electron chi connectivity index (χ3n) is 2.72. The average molecular weight is 295 g/mol. The zero-order chi connectivity index (χ0) is 15.2. The first-order chi connectivity index (χ1) is 10.0. The number of rotatable bonds is 6. The highest BCUT2D eigenvalue weighted by Gasteiger charge is 2.11. The molecule has 0 spiro atoms. The normalized spacial score (nSPS) is 12.2. The zero-order valence-electron chi connectivity index (χ0n) is 11.3. The first kappa shape index (κ1) is 15.1. The maximum absolute atomic E-state index is 12.1. The summed E-state index contributed by atoms with van der Waals surface area (Å²) in [5, 5.41) is 12.9. The monoisotopic (exact) mass is 295 g/mol. The van der Waals surface area contributed by atoms with Gasteiger partial charge in [0.15, 0.2) is 0 Å². The molecule has 1 aromatic carbocycles.